The van der Waals surface area contributed by atoms with Gasteiger partial charge in [0.05, 0.1) is 6.61 Å². The third-order valence-electron chi connectivity index (χ3n) is 4.08. The van der Waals surface area contributed by atoms with Gasteiger partial charge in [0.25, 0.3) is 0 Å². The van der Waals surface area contributed by atoms with Crippen LogP contribution < -0.4 is 5.73 Å². The molecule has 0 aliphatic heterocycles. The summed E-state index contributed by atoms with van der Waals surface area (Å²) in [7, 11) is 0. The topological polar surface area (TPSA) is 35.2 Å². The van der Waals surface area contributed by atoms with Crippen molar-refractivity contribution in [3.8, 4) is 0 Å². The predicted molar refractivity (Wildman–Crippen MR) is 77.7 cm³/mol. The molecule has 1 unspecified atom stereocenters. The van der Waals surface area contributed by atoms with E-state index in [0.717, 1.165) is 31.6 Å². The van der Waals surface area contributed by atoms with Crippen molar-refractivity contribution >= 4 is 0 Å². The van der Waals surface area contributed by atoms with Crippen molar-refractivity contribution in [3.63, 3.8) is 0 Å². The molecule has 3 rings (SSSR count). The van der Waals surface area contributed by atoms with Crippen LogP contribution in [0, 0.1) is 0 Å². The number of allylic oxidation sites excluding steroid dienone is 3. The fourth-order valence-electron chi connectivity index (χ4n) is 2.61. The van der Waals surface area contributed by atoms with Gasteiger partial charge >= 0.3 is 0 Å². The molecule has 0 saturated heterocycles. The Labute approximate surface area is 115 Å². The molecule has 1 saturated carbocycles. The summed E-state index contributed by atoms with van der Waals surface area (Å²) in [6.45, 7) is 2.74. The molecule has 100 valence electrons. The van der Waals surface area contributed by atoms with E-state index in [4.69, 9.17) is 10.5 Å². The molecule has 19 heavy (non-hydrogen) atoms. The van der Waals surface area contributed by atoms with Crippen LogP contribution in [0.15, 0.2) is 48.3 Å². The van der Waals surface area contributed by atoms with Crippen LogP contribution in [0.2, 0.25) is 0 Å². The molecule has 0 radical (unpaired) electrons. The lowest BCUT2D eigenvalue weighted by Crippen LogP contribution is -2.18. The second-order valence-corrected chi connectivity index (χ2v) is 5.52. The van der Waals surface area contributed by atoms with Gasteiger partial charge < -0.3 is 10.5 Å². The monoisotopic (exact) mass is 255 g/mol. The van der Waals surface area contributed by atoms with E-state index in [1.165, 1.54) is 11.1 Å². The molecule has 2 aliphatic carbocycles. The Hall–Kier alpha value is -1.54. The summed E-state index contributed by atoms with van der Waals surface area (Å²) in [4.78, 5) is 0. The number of hydrogen-bond donors (Lipinski definition) is 1. The van der Waals surface area contributed by atoms with Gasteiger partial charge in [0.2, 0.25) is 0 Å². The highest BCUT2D eigenvalue weighted by atomic mass is 16.5. The lowest BCUT2D eigenvalue weighted by molar-refractivity contribution is 0.239. The van der Waals surface area contributed by atoms with Gasteiger partial charge in [0.15, 0.2) is 0 Å². The molecule has 2 N–H and O–H groups in total. The maximum absolute atomic E-state index is 6.21. The highest BCUT2D eigenvalue weighted by Gasteiger charge is 2.39. The average Bonchev–Trinajstić information content (AvgIpc) is 3.20. The summed E-state index contributed by atoms with van der Waals surface area (Å²) in [5.74, 6) is 1.46. The number of hydrogen-bond acceptors (Lipinski definition) is 2. The van der Waals surface area contributed by atoms with Gasteiger partial charge in [-0.05, 0) is 49.5 Å². The van der Waals surface area contributed by atoms with E-state index in [9.17, 15) is 0 Å². The van der Waals surface area contributed by atoms with Crippen LogP contribution in [0.1, 0.15) is 43.2 Å². The minimum Gasteiger partial charge on any atom is -0.494 e. The molecule has 1 fully saturated rings. The van der Waals surface area contributed by atoms with Crippen LogP contribution in [-0.2, 0) is 10.3 Å². The van der Waals surface area contributed by atoms with Gasteiger partial charge in [-0.1, -0.05) is 30.3 Å². The second-order valence-electron chi connectivity index (χ2n) is 5.52. The number of benzene rings is 1. The van der Waals surface area contributed by atoms with Gasteiger partial charge in [-0.15, -0.1) is 0 Å². The zero-order valence-electron chi connectivity index (χ0n) is 11.4. The second kappa shape index (κ2) is 4.86. The van der Waals surface area contributed by atoms with Crippen LogP contribution in [0.4, 0.5) is 0 Å². The van der Waals surface area contributed by atoms with E-state index in [1.54, 1.807) is 0 Å². The molecular formula is C17H21NO. The zero-order chi connectivity index (χ0) is 13.3. The molecule has 2 nitrogen and oxygen atoms in total. The number of ether oxygens (including phenoxy) is 1. The van der Waals surface area contributed by atoms with Crippen LogP contribution in [0.3, 0.4) is 0 Å². The quantitative estimate of drug-likeness (QED) is 0.892. The predicted octanol–water partition coefficient (Wildman–Crippen LogP) is 3.60. The lowest BCUT2D eigenvalue weighted by atomic mass is 9.90. The van der Waals surface area contributed by atoms with Crippen molar-refractivity contribution in [2.45, 2.75) is 37.6 Å². The Morgan fingerprint density at radius 3 is 2.53 bits per heavy atom. The molecule has 1 aromatic rings. The van der Waals surface area contributed by atoms with Crippen LogP contribution in [0.25, 0.3) is 0 Å². The highest BCUT2D eigenvalue weighted by Crippen LogP contribution is 2.43. The molecule has 1 aromatic carbocycles. The number of nitrogens with two attached hydrogens (primary N) is 1. The van der Waals surface area contributed by atoms with E-state index in [0.29, 0.717) is 5.92 Å². The Morgan fingerprint density at radius 1 is 1.26 bits per heavy atom. The number of rotatable bonds is 4. The standard InChI is InChI=1S/C17H21NO/c1-2-19-16-9-5-14(6-10-16)13-3-7-15(8-4-13)17(18)11-12-17/h3-5,7-10,14H,2,6,11-12,18H2,1H3. The van der Waals surface area contributed by atoms with Gasteiger partial charge in [0, 0.05) is 11.5 Å². The lowest BCUT2D eigenvalue weighted by Gasteiger charge is -2.18. The van der Waals surface area contributed by atoms with E-state index in [1.807, 2.05) is 6.92 Å². The molecular weight excluding hydrogens is 234 g/mol. The Morgan fingerprint density at radius 2 is 2.00 bits per heavy atom. The zero-order valence-corrected chi connectivity index (χ0v) is 11.4. The molecule has 0 heterocycles. The molecule has 0 bridgehead atoms. The van der Waals surface area contributed by atoms with E-state index < -0.39 is 0 Å². The molecule has 2 aliphatic rings. The fraction of sp³-hybridized carbons (Fsp3) is 0.412. The average molecular weight is 255 g/mol. The van der Waals surface area contributed by atoms with Crippen LogP contribution in [0.5, 0.6) is 0 Å². The molecule has 0 aromatic heterocycles. The van der Waals surface area contributed by atoms with E-state index in [2.05, 4.69) is 42.5 Å². The van der Waals surface area contributed by atoms with Gasteiger partial charge in [0.1, 0.15) is 5.76 Å². The molecule has 1 atom stereocenters. The maximum Gasteiger partial charge on any atom is 0.115 e. The highest BCUT2D eigenvalue weighted by molar-refractivity contribution is 5.36. The van der Waals surface area contributed by atoms with Crippen LogP contribution >= 0.6 is 0 Å². The summed E-state index contributed by atoms with van der Waals surface area (Å²) < 4.78 is 5.50. The molecule has 0 spiro atoms. The minimum atomic E-state index is -0.0248. The summed E-state index contributed by atoms with van der Waals surface area (Å²) in [5, 5.41) is 0. The first-order valence-electron chi connectivity index (χ1n) is 7.12. The largest absolute Gasteiger partial charge is 0.494 e. The molecule has 0 amide bonds. The van der Waals surface area contributed by atoms with Crippen molar-refractivity contribution in [3.05, 3.63) is 59.4 Å². The van der Waals surface area contributed by atoms with Crippen molar-refractivity contribution < 1.29 is 4.74 Å². The first kappa shape index (κ1) is 12.5. The summed E-state index contributed by atoms with van der Waals surface area (Å²) in [5.41, 5.74) is 8.82. The smallest absolute Gasteiger partial charge is 0.115 e. The van der Waals surface area contributed by atoms with Crippen molar-refractivity contribution in [1.82, 2.24) is 0 Å². The normalized spacial score (nSPS) is 23.9. The SMILES string of the molecule is CCOC1=CCC(c2ccc(C3(N)CC3)cc2)C=C1. The summed E-state index contributed by atoms with van der Waals surface area (Å²) >= 11 is 0. The van der Waals surface area contributed by atoms with Crippen LogP contribution in [-0.4, -0.2) is 6.61 Å². The third-order valence-corrected chi connectivity index (χ3v) is 4.08. The van der Waals surface area contributed by atoms with Crippen molar-refractivity contribution in [2.24, 2.45) is 5.73 Å². The summed E-state index contributed by atoms with van der Waals surface area (Å²) in [6.07, 6.45) is 9.74. The fourth-order valence-corrected chi connectivity index (χ4v) is 2.61. The molecule has 2 heteroatoms. The van der Waals surface area contributed by atoms with Gasteiger partial charge in [-0.3, -0.25) is 0 Å². The Balaban J connectivity index is 1.69. The minimum absolute atomic E-state index is 0.0248. The van der Waals surface area contributed by atoms with Gasteiger partial charge in [-0.2, -0.15) is 0 Å². The Bertz CT molecular complexity index is 509. The van der Waals surface area contributed by atoms with E-state index >= 15 is 0 Å². The van der Waals surface area contributed by atoms with Crippen molar-refractivity contribution in [2.75, 3.05) is 6.61 Å². The van der Waals surface area contributed by atoms with Gasteiger partial charge in [-0.25, -0.2) is 0 Å². The van der Waals surface area contributed by atoms with E-state index in [-0.39, 0.29) is 5.54 Å². The Kier molecular flexibility index (Phi) is 3.19. The first-order valence-corrected chi connectivity index (χ1v) is 7.12. The van der Waals surface area contributed by atoms with Crippen molar-refractivity contribution in [1.29, 1.82) is 0 Å². The first-order chi connectivity index (χ1) is 9.21. The third kappa shape index (κ3) is 2.59. The summed E-state index contributed by atoms with van der Waals surface area (Å²) in [6, 6.07) is 8.82. The maximum atomic E-state index is 6.21.